The number of nitrogens with zero attached hydrogens (tertiary/aromatic N) is 2. The molecule has 2 heterocycles. The molecule has 3 amide bonds. The summed E-state index contributed by atoms with van der Waals surface area (Å²) in [7, 11) is 0. The molecule has 2 fully saturated rings. The van der Waals surface area contributed by atoms with E-state index in [2.05, 4.69) is 15.5 Å². The minimum Gasteiger partial charge on any atom is -0.492 e. The van der Waals surface area contributed by atoms with Crippen LogP contribution in [0.4, 0.5) is 4.79 Å². The fraction of sp³-hybridized carbons (Fsp3) is 0.652. The van der Waals surface area contributed by atoms with Gasteiger partial charge in [0.25, 0.3) is 5.91 Å². The fourth-order valence-electron chi connectivity index (χ4n) is 3.88. The van der Waals surface area contributed by atoms with Gasteiger partial charge in [-0.15, -0.1) is 0 Å². The minimum absolute atomic E-state index is 0.0262. The zero-order chi connectivity index (χ0) is 22.9. The van der Waals surface area contributed by atoms with Crippen molar-refractivity contribution in [2.75, 3.05) is 52.5 Å². The molecule has 0 radical (unpaired) electrons. The van der Waals surface area contributed by atoms with Gasteiger partial charge in [0.1, 0.15) is 12.4 Å². The number of ether oxygens (including phenoxy) is 2. The van der Waals surface area contributed by atoms with E-state index in [0.29, 0.717) is 37.3 Å². The highest BCUT2D eigenvalue weighted by atomic mass is 16.5. The van der Waals surface area contributed by atoms with E-state index in [0.717, 1.165) is 32.8 Å². The normalized spacial score (nSPS) is 22.3. The van der Waals surface area contributed by atoms with Gasteiger partial charge in [-0.1, -0.05) is 0 Å². The van der Waals surface area contributed by atoms with Crippen molar-refractivity contribution in [2.45, 2.75) is 44.9 Å². The number of likely N-dealkylation sites (tertiary alicyclic amines) is 1. The summed E-state index contributed by atoms with van der Waals surface area (Å²) in [6.45, 7) is 9.42. The summed E-state index contributed by atoms with van der Waals surface area (Å²) in [5.74, 6) is 0.431. The van der Waals surface area contributed by atoms with Crippen molar-refractivity contribution < 1.29 is 24.2 Å². The zero-order valence-electron chi connectivity index (χ0n) is 19.1. The maximum atomic E-state index is 12.8. The Balaban J connectivity index is 1.50. The molecule has 2 aliphatic rings. The first-order chi connectivity index (χ1) is 15.4. The molecule has 0 aliphatic carbocycles. The van der Waals surface area contributed by atoms with E-state index < -0.39 is 12.1 Å². The van der Waals surface area contributed by atoms with Gasteiger partial charge in [-0.05, 0) is 51.0 Å². The summed E-state index contributed by atoms with van der Waals surface area (Å²) in [6.07, 6.45) is 0.528. The first-order valence-electron chi connectivity index (χ1n) is 11.5. The number of carbonyl (C=O) groups excluding carboxylic acids is 2. The lowest BCUT2D eigenvalue weighted by atomic mass is 10.1. The number of aliphatic hydroxyl groups is 1. The van der Waals surface area contributed by atoms with E-state index >= 15 is 0 Å². The molecule has 32 heavy (non-hydrogen) atoms. The standard InChI is InChI=1S/C23H36N4O5/c1-17(2)24-23(30)27-9-3-4-21(28)20(16-27)25-22(29)18-5-7-19(8-6-18)32-15-12-26-10-13-31-14-11-26/h5-8,17,20-21,28H,3-4,9-16H2,1-2H3,(H,24,30)(H,25,29). The van der Waals surface area contributed by atoms with E-state index in [1.165, 1.54) is 0 Å². The van der Waals surface area contributed by atoms with Crippen LogP contribution in [0.2, 0.25) is 0 Å². The number of hydrogen-bond donors (Lipinski definition) is 3. The highest BCUT2D eigenvalue weighted by Gasteiger charge is 2.29. The quantitative estimate of drug-likeness (QED) is 0.577. The van der Waals surface area contributed by atoms with Gasteiger partial charge in [-0.2, -0.15) is 0 Å². The average molecular weight is 449 g/mol. The van der Waals surface area contributed by atoms with Crippen LogP contribution in [0.25, 0.3) is 0 Å². The van der Waals surface area contributed by atoms with Crippen LogP contribution >= 0.6 is 0 Å². The molecule has 2 aliphatic heterocycles. The number of rotatable bonds is 7. The monoisotopic (exact) mass is 448 g/mol. The van der Waals surface area contributed by atoms with Gasteiger partial charge in [0.05, 0.1) is 25.4 Å². The van der Waals surface area contributed by atoms with Crippen molar-refractivity contribution in [3.63, 3.8) is 0 Å². The maximum Gasteiger partial charge on any atom is 0.317 e. The fourth-order valence-corrected chi connectivity index (χ4v) is 3.88. The van der Waals surface area contributed by atoms with E-state index in [9.17, 15) is 14.7 Å². The summed E-state index contributed by atoms with van der Waals surface area (Å²) >= 11 is 0. The van der Waals surface area contributed by atoms with Crippen LogP contribution in [0.5, 0.6) is 5.75 Å². The molecule has 9 heteroatoms. The molecule has 0 spiro atoms. The van der Waals surface area contributed by atoms with Gasteiger partial charge < -0.3 is 30.1 Å². The molecule has 178 valence electrons. The molecule has 0 saturated carbocycles. The third-order valence-corrected chi connectivity index (χ3v) is 5.72. The second-order valence-electron chi connectivity index (χ2n) is 8.67. The van der Waals surface area contributed by atoms with Crippen LogP contribution in [0.15, 0.2) is 24.3 Å². The SMILES string of the molecule is CC(C)NC(=O)N1CCCC(O)C(NC(=O)c2ccc(OCCN3CCOCC3)cc2)C1. The number of morpholine rings is 1. The lowest BCUT2D eigenvalue weighted by molar-refractivity contribution is 0.0322. The second kappa shape index (κ2) is 12.0. The van der Waals surface area contributed by atoms with E-state index in [1.807, 2.05) is 13.8 Å². The summed E-state index contributed by atoms with van der Waals surface area (Å²) < 4.78 is 11.1. The van der Waals surface area contributed by atoms with Gasteiger partial charge in [0.2, 0.25) is 0 Å². The molecule has 1 aromatic rings. The van der Waals surface area contributed by atoms with Gasteiger partial charge >= 0.3 is 6.03 Å². The number of hydrogen-bond acceptors (Lipinski definition) is 6. The Bertz CT molecular complexity index is 736. The van der Waals surface area contributed by atoms with Crippen molar-refractivity contribution in [2.24, 2.45) is 0 Å². The number of urea groups is 1. The van der Waals surface area contributed by atoms with Gasteiger partial charge in [0.15, 0.2) is 0 Å². The first kappa shape index (κ1) is 24.3. The van der Waals surface area contributed by atoms with Crippen molar-refractivity contribution in [3.8, 4) is 5.75 Å². The van der Waals surface area contributed by atoms with Crippen LogP contribution in [-0.2, 0) is 4.74 Å². The van der Waals surface area contributed by atoms with Crippen LogP contribution < -0.4 is 15.4 Å². The Labute approximate surface area is 190 Å². The zero-order valence-corrected chi connectivity index (χ0v) is 19.1. The predicted octanol–water partition coefficient (Wildman–Crippen LogP) is 1.07. The molecule has 2 unspecified atom stereocenters. The number of benzene rings is 1. The molecule has 1 aromatic carbocycles. The highest BCUT2D eigenvalue weighted by molar-refractivity contribution is 5.94. The van der Waals surface area contributed by atoms with Crippen molar-refractivity contribution >= 4 is 11.9 Å². The molecule has 3 N–H and O–H groups in total. The minimum atomic E-state index is -0.696. The van der Waals surface area contributed by atoms with Crippen LogP contribution in [-0.4, -0.2) is 97.6 Å². The highest BCUT2D eigenvalue weighted by Crippen LogP contribution is 2.15. The predicted molar refractivity (Wildman–Crippen MR) is 121 cm³/mol. The molecule has 2 atom stereocenters. The van der Waals surface area contributed by atoms with Gasteiger partial charge in [-0.3, -0.25) is 9.69 Å². The third kappa shape index (κ3) is 7.36. The van der Waals surface area contributed by atoms with E-state index in [4.69, 9.17) is 9.47 Å². The molecule has 0 bridgehead atoms. The second-order valence-corrected chi connectivity index (χ2v) is 8.67. The third-order valence-electron chi connectivity index (χ3n) is 5.72. The topological polar surface area (TPSA) is 103 Å². The molecular weight excluding hydrogens is 412 g/mol. The van der Waals surface area contributed by atoms with Crippen LogP contribution in [0.3, 0.4) is 0 Å². The van der Waals surface area contributed by atoms with Crippen molar-refractivity contribution in [1.29, 1.82) is 0 Å². The van der Waals surface area contributed by atoms with Gasteiger partial charge in [0, 0.05) is 44.3 Å². The number of nitrogens with one attached hydrogen (secondary N) is 2. The summed E-state index contributed by atoms with van der Waals surface area (Å²) in [6, 6.07) is 6.31. The summed E-state index contributed by atoms with van der Waals surface area (Å²) in [5.41, 5.74) is 0.486. The molecule has 3 rings (SSSR count). The summed E-state index contributed by atoms with van der Waals surface area (Å²) in [5, 5.41) is 16.2. The van der Waals surface area contributed by atoms with E-state index in [-0.39, 0.29) is 24.5 Å². The smallest absolute Gasteiger partial charge is 0.317 e. The van der Waals surface area contributed by atoms with Crippen molar-refractivity contribution in [3.05, 3.63) is 29.8 Å². The van der Waals surface area contributed by atoms with Gasteiger partial charge in [-0.25, -0.2) is 4.79 Å². The maximum absolute atomic E-state index is 12.8. The number of carbonyl (C=O) groups is 2. The Kier molecular flexibility index (Phi) is 9.13. The van der Waals surface area contributed by atoms with Crippen molar-refractivity contribution in [1.82, 2.24) is 20.4 Å². The molecular formula is C23H36N4O5. The molecule has 0 aromatic heterocycles. The Morgan fingerprint density at radius 1 is 1.19 bits per heavy atom. The largest absolute Gasteiger partial charge is 0.492 e. The van der Waals surface area contributed by atoms with Crippen LogP contribution in [0.1, 0.15) is 37.0 Å². The number of amides is 3. The Morgan fingerprint density at radius 3 is 2.59 bits per heavy atom. The lowest BCUT2D eigenvalue weighted by Crippen LogP contribution is -2.52. The van der Waals surface area contributed by atoms with E-state index in [1.54, 1.807) is 29.2 Å². The Morgan fingerprint density at radius 2 is 1.91 bits per heavy atom. The van der Waals surface area contributed by atoms with Crippen LogP contribution in [0, 0.1) is 0 Å². The Hall–Kier alpha value is -2.36. The molecule has 2 saturated heterocycles. The first-order valence-corrected chi connectivity index (χ1v) is 11.5. The molecule has 9 nitrogen and oxygen atoms in total. The average Bonchev–Trinajstić information content (AvgIpc) is 2.96. The number of aliphatic hydroxyl groups excluding tert-OH is 1. The summed E-state index contributed by atoms with van der Waals surface area (Å²) in [4.78, 5) is 29.1. The lowest BCUT2D eigenvalue weighted by Gasteiger charge is -2.28.